The van der Waals surface area contributed by atoms with Crippen LogP contribution >= 0.6 is 0 Å². The Labute approximate surface area is 130 Å². The normalized spacial score (nSPS) is 15.0. The van der Waals surface area contributed by atoms with Gasteiger partial charge in [0.1, 0.15) is 5.82 Å². The van der Waals surface area contributed by atoms with E-state index in [0.29, 0.717) is 24.4 Å². The van der Waals surface area contributed by atoms with Crippen LogP contribution in [0.3, 0.4) is 0 Å². The molecule has 0 radical (unpaired) electrons. The highest BCUT2D eigenvalue weighted by atomic mass is 19.1. The molecular weight excluding hydrogens is 281 g/mol. The molecule has 1 aliphatic carbocycles. The van der Waals surface area contributed by atoms with E-state index < -0.39 is 0 Å². The van der Waals surface area contributed by atoms with Gasteiger partial charge in [-0.25, -0.2) is 4.39 Å². The lowest BCUT2D eigenvalue weighted by Gasteiger charge is -2.19. The molecule has 1 aromatic carbocycles. The SMILES string of the molecule is CC(C)Cc1noc(CN(Cc2ccc(F)cc2)C2CC2)n1. The van der Waals surface area contributed by atoms with Gasteiger partial charge in [-0.1, -0.05) is 31.1 Å². The van der Waals surface area contributed by atoms with Crippen LogP contribution in [0.1, 0.15) is 44.0 Å². The summed E-state index contributed by atoms with van der Waals surface area (Å²) < 4.78 is 18.4. The van der Waals surface area contributed by atoms with E-state index >= 15 is 0 Å². The van der Waals surface area contributed by atoms with E-state index in [1.807, 2.05) is 12.1 Å². The second-order valence-corrected chi connectivity index (χ2v) is 6.46. The lowest BCUT2D eigenvalue weighted by molar-refractivity contribution is 0.209. The molecule has 1 heterocycles. The fourth-order valence-electron chi connectivity index (χ4n) is 2.55. The first kappa shape index (κ1) is 15.2. The molecule has 5 heteroatoms. The maximum Gasteiger partial charge on any atom is 0.240 e. The molecule has 1 fully saturated rings. The first-order valence-corrected chi connectivity index (χ1v) is 7.90. The number of benzene rings is 1. The molecule has 1 aromatic heterocycles. The van der Waals surface area contributed by atoms with Crippen molar-refractivity contribution in [3.05, 3.63) is 47.4 Å². The summed E-state index contributed by atoms with van der Waals surface area (Å²) >= 11 is 0. The minimum absolute atomic E-state index is 0.197. The van der Waals surface area contributed by atoms with E-state index in [2.05, 4.69) is 28.9 Å². The van der Waals surface area contributed by atoms with Gasteiger partial charge in [0.05, 0.1) is 6.54 Å². The van der Waals surface area contributed by atoms with Gasteiger partial charge < -0.3 is 4.52 Å². The smallest absolute Gasteiger partial charge is 0.240 e. The van der Waals surface area contributed by atoms with Crippen molar-refractivity contribution in [1.82, 2.24) is 15.0 Å². The Morgan fingerprint density at radius 1 is 1.23 bits per heavy atom. The molecule has 0 unspecified atom stereocenters. The number of hydrogen-bond donors (Lipinski definition) is 0. The Bertz CT molecular complexity index is 605. The van der Waals surface area contributed by atoms with E-state index in [4.69, 9.17) is 4.52 Å². The molecule has 0 N–H and O–H groups in total. The molecule has 2 aromatic rings. The monoisotopic (exact) mass is 303 g/mol. The summed E-state index contributed by atoms with van der Waals surface area (Å²) in [7, 11) is 0. The molecule has 3 rings (SSSR count). The molecule has 118 valence electrons. The molecule has 0 spiro atoms. The highest BCUT2D eigenvalue weighted by Gasteiger charge is 2.30. The minimum atomic E-state index is -0.197. The van der Waals surface area contributed by atoms with E-state index in [9.17, 15) is 4.39 Å². The Morgan fingerprint density at radius 3 is 2.59 bits per heavy atom. The van der Waals surface area contributed by atoms with Crippen LogP contribution in [0.2, 0.25) is 0 Å². The van der Waals surface area contributed by atoms with Crippen molar-refractivity contribution in [1.29, 1.82) is 0 Å². The molecule has 0 saturated heterocycles. The van der Waals surface area contributed by atoms with Gasteiger partial charge in [0.2, 0.25) is 5.89 Å². The summed E-state index contributed by atoms with van der Waals surface area (Å²) in [6.07, 6.45) is 3.24. The Morgan fingerprint density at radius 2 is 1.95 bits per heavy atom. The number of aromatic nitrogens is 2. The average molecular weight is 303 g/mol. The Balaban J connectivity index is 1.64. The number of halogens is 1. The topological polar surface area (TPSA) is 42.2 Å². The van der Waals surface area contributed by atoms with Crippen molar-refractivity contribution in [2.45, 2.75) is 52.2 Å². The molecule has 1 saturated carbocycles. The molecule has 0 atom stereocenters. The van der Waals surface area contributed by atoms with Crippen LogP contribution in [0.4, 0.5) is 4.39 Å². The van der Waals surface area contributed by atoms with Gasteiger partial charge in [-0.05, 0) is 36.5 Å². The second kappa shape index (κ2) is 6.57. The molecule has 0 amide bonds. The molecule has 1 aliphatic rings. The molecule has 0 aliphatic heterocycles. The zero-order chi connectivity index (χ0) is 15.5. The fourth-order valence-corrected chi connectivity index (χ4v) is 2.55. The predicted molar refractivity (Wildman–Crippen MR) is 81.5 cm³/mol. The van der Waals surface area contributed by atoms with Gasteiger partial charge in [-0.15, -0.1) is 0 Å². The van der Waals surface area contributed by atoms with Crippen molar-refractivity contribution in [3.63, 3.8) is 0 Å². The van der Waals surface area contributed by atoms with Gasteiger partial charge >= 0.3 is 0 Å². The van der Waals surface area contributed by atoms with E-state index in [0.717, 1.165) is 24.4 Å². The van der Waals surface area contributed by atoms with Crippen LogP contribution in [0.25, 0.3) is 0 Å². The summed E-state index contributed by atoms with van der Waals surface area (Å²) in [5.74, 6) is 1.77. The van der Waals surface area contributed by atoms with Crippen molar-refractivity contribution in [3.8, 4) is 0 Å². The maximum absolute atomic E-state index is 13.0. The highest BCUT2D eigenvalue weighted by molar-refractivity contribution is 5.16. The average Bonchev–Trinajstić information content (AvgIpc) is 3.23. The minimum Gasteiger partial charge on any atom is -0.338 e. The lowest BCUT2D eigenvalue weighted by Crippen LogP contribution is -2.25. The summed E-state index contributed by atoms with van der Waals surface area (Å²) in [6.45, 7) is 5.72. The van der Waals surface area contributed by atoms with Gasteiger partial charge in [0, 0.05) is 19.0 Å². The molecule has 0 bridgehead atoms. The van der Waals surface area contributed by atoms with E-state index in [1.54, 1.807) is 0 Å². The van der Waals surface area contributed by atoms with Crippen molar-refractivity contribution in [2.24, 2.45) is 5.92 Å². The van der Waals surface area contributed by atoms with Crippen LogP contribution in [-0.4, -0.2) is 21.1 Å². The zero-order valence-electron chi connectivity index (χ0n) is 13.1. The van der Waals surface area contributed by atoms with Crippen LogP contribution < -0.4 is 0 Å². The van der Waals surface area contributed by atoms with Crippen LogP contribution in [0.5, 0.6) is 0 Å². The zero-order valence-corrected chi connectivity index (χ0v) is 13.1. The standard InChI is InChI=1S/C17H22FN3O/c1-12(2)9-16-19-17(22-20-16)11-21(15-7-8-15)10-13-3-5-14(18)6-4-13/h3-6,12,15H,7-11H2,1-2H3. The lowest BCUT2D eigenvalue weighted by atomic mass is 10.1. The first-order valence-electron chi connectivity index (χ1n) is 7.90. The summed E-state index contributed by atoms with van der Waals surface area (Å²) in [5, 5.41) is 4.05. The highest BCUT2D eigenvalue weighted by Crippen LogP contribution is 2.29. The van der Waals surface area contributed by atoms with Gasteiger partial charge in [0.15, 0.2) is 5.82 Å². The van der Waals surface area contributed by atoms with Crippen molar-refractivity contribution in [2.75, 3.05) is 0 Å². The van der Waals surface area contributed by atoms with Crippen molar-refractivity contribution >= 4 is 0 Å². The summed E-state index contributed by atoms with van der Waals surface area (Å²) in [4.78, 5) is 6.81. The second-order valence-electron chi connectivity index (χ2n) is 6.46. The maximum atomic E-state index is 13.0. The van der Waals surface area contributed by atoms with Gasteiger partial charge in [0.25, 0.3) is 0 Å². The third kappa shape index (κ3) is 4.13. The van der Waals surface area contributed by atoms with Crippen molar-refractivity contribution < 1.29 is 8.91 Å². The number of nitrogens with zero attached hydrogens (tertiary/aromatic N) is 3. The van der Waals surface area contributed by atoms with E-state index in [-0.39, 0.29) is 5.82 Å². The largest absolute Gasteiger partial charge is 0.338 e. The molecule has 22 heavy (non-hydrogen) atoms. The van der Waals surface area contributed by atoms with Crippen LogP contribution in [-0.2, 0) is 19.5 Å². The quantitative estimate of drug-likeness (QED) is 0.784. The number of hydrogen-bond acceptors (Lipinski definition) is 4. The van der Waals surface area contributed by atoms with Crippen LogP contribution in [0, 0.1) is 11.7 Å². The third-order valence-electron chi connectivity index (χ3n) is 3.80. The van der Waals surface area contributed by atoms with E-state index in [1.165, 1.54) is 25.0 Å². The molecule has 4 nitrogen and oxygen atoms in total. The number of rotatable bonds is 7. The Hall–Kier alpha value is -1.75. The fraction of sp³-hybridized carbons (Fsp3) is 0.529. The summed E-state index contributed by atoms with van der Waals surface area (Å²) in [6, 6.07) is 7.26. The third-order valence-corrected chi connectivity index (χ3v) is 3.80. The van der Waals surface area contributed by atoms with Crippen LogP contribution in [0.15, 0.2) is 28.8 Å². The van der Waals surface area contributed by atoms with Gasteiger partial charge in [-0.2, -0.15) is 4.98 Å². The predicted octanol–water partition coefficient (Wildman–Crippen LogP) is 3.57. The van der Waals surface area contributed by atoms with Gasteiger partial charge in [-0.3, -0.25) is 4.90 Å². The summed E-state index contributed by atoms with van der Waals surface area (Å²) in [5.41, 5.74) is 1.11. The molecular formula is C17H22FN3O. The Kier molecular flexibility index (Phi) is 4.52. The first-order chi connectivity index (χ1) is 10.6.